The van der Waals surface area contributed by atoms with Gasteiger partial charge in [0, 0.05) is 37.2 Å². The number of hydrogen-bond donors (Lipinski definition) is 0. The van der Waals surface area contributed by atoms with E-state index >= 15 is 0 Å². The molecule has 26 heavy (non-hydrogen) atoms. The fraction of sp³-hybridized carbons (Fsp3) is 0.286. The van der Waals surface area contributed by atoms with Gasteiger partial charge in [-0.3, -0.25) is 14.5 Å². The quantitative estimate of drug-likeness (QED) is 0.687. The molecule has 0 spiro atoms. The first-order valence-corrected chi connectivity index (χ1v) is 8.77. The van der Waals surface area contributed by atoms with Crippen LogP contribution < -0.4 is 0 Å². The first-order valence-electron chi connectivity index (χ1n) is 8.77. The summed E-state index contributed by atoms with van der Waals surface area (Å²) in [5, 5.41) is 4.49. The third-order valence-corrected chi connectivity index (χ3v) is 4.44. The molecule has 1 aromatic carbocycles. The zero-order valence-electron chi connectivity index (χ0n) is 15.5. The average molecular weight is 348 g/mol. The van der Waals surface area contributed by atoms with Gasteiger partial charge in [-0.25, -0.2) is 0 Å². The Morgan fingerprint density at radius 2 is 1.85 bits per heavy atom. The van der Waals surface area contributed by atoms with Crippen LogP contribution in [0.1, 0.15) is 32.9 Å². The normalized spacial score (nSPS) is 10.7. The molecule has 5 heteroatoms. The lowest BCUT2D eigenvalue weighted by Crippen LogP contribution is -2.29. The van der Waals surface area contributed by atoms with Crippen LogP contribution in [0.25, 0.3) is 0 Å². The molecule has 3 aromatic rings. The van der Waals surface area contributed by atoms with Gasteiger partial charge in [0.15, 0.2) is 0 Å². The summed E-state index contributed by atoms with van der Waals surface area (Å²) in [4.78, 5) is 18.5. The number of pyridine rings is 1. The van der Waals surface area contributed by atoms with Gasteiger partial charge in [-0.1, -0.05) is 12.1 Å². The molecule has 0 fully saturated rings. The number of carbonyl (C=O) groups is 1. The van der Waals surface area contributed by atoms with Gasteiger partial charge in [0.25, 0.3) is 5.91 Å². The first kappa shape index (κ1) is 17.9. The molecule has 2 aromatic heterocycles. The molecule has 134 valence electrons. The summed E-state index contributed by atoms with van der Waals surface area (Å²) in [6.07, 6.45) is 4.37. The maximum atomic E-state index is 12.7. The molecule has 1 amide bonds. The molecule has 3 rings (SSSR count). The molecule has 0 atom stereocenters. The van der Waals surface area contributed by atoms with Gasteiger partial charge >= 0.3 is 0 Å². The highest BCUT2D eigenvalue weighted by molar-refractivity contribution is 5.94. The van der Waals surface area contributed by atoms with Crippen molar-refractivity contribution in [1.29, 1.82) is 0 Å². The predicted octanol–water partition coefficient (Wildman–Crippen LogP) is 3.26. The lowest BCUT2D eigenvalue weighted by molar-refractivity contribution is 0.0796. The second kappa shape index (κ2) is 7.95. The maximum absolute atomic E-state index is 12.7. The van der Waals surface area contributed by atoms with E-state index in [1.807, 2.05) is 62.0 Å². The van der Waals surface area contributed by atoms with Gasteiger partial charge in [-0.15, -0.1) is 0 Å². The van der Waals surface area contributed by atoms with Crippen LogP contribution in [-0.2, 0) is 13.0 Å². The molecule has 2 heterocycles. The molecular weight excluding hydrogens is 324 g/mol. The predicted molar refractivity (Wildman–Crippen MR) is 102 cm³/mol. The van der Waals surface area contributed by atoms with Gasteiger partial charge in [-0.05, 0) is 61.7 Å². The first-order chi connectivity index (χ1) is 12.5. The summed E-state index contributed by atoms with van der Waals surface area (Å²) in [6.45, 7) is 5.37. The number of nitrogens with zero attached hydrogens (tertiary/aromatic N) is 4. The van der Waals surface area contributed by atoms with Crippen LogP contribution in [0.3, 0.4) is 0 Å². The summed E-state index contributed by atoms with van der Waals surface area (Å²) in [5.74, 6) is 0.0364. The molecule has 0 N–H and O–H groups in total. The number of likely N-dealkylation sites (N-methyl/N-ethyl adjacent to an activating group) is 1. The number of hydrogen-bond acceptors (Lipinski definition) is 3. The van der Waals surface area contributed by atoms with Crippen molar-refractivity contribution >= 4 is 5.91 Å². The topological polar surface area (TPSA) is 51.0 Å². The van der Waals surface area contributed by atoms with Crippen molar-refractivity contribution in [3.8, 4) is 0 Å². The Hall–Kier alpha value is -2.95. The van der Waals surface area contributed by atoms with Gasteiger partial charge in [0.1, 0.15) is 0 Å². The number of rotatable bonds is 6. The zero-order chi connectivity index (χ0) is 18.5. The summed E-state index contributed by atoms with van der Waals surface area (Å²) in [6, 6.07) is 13.8. The van der Waals surface area contributed by atoms with Crippen LogP contribution in [-0.4, -0.2) is 39.2 Å². The Morgan fingerprint density at radius 1 is 1.08 bits per heavy atom. The summed E-state index contributed by atoms with van der Waals surface area (Å²) < 4.78 is 1.96. The second-order valence-electron chi connectivity index (χ2n) is 6.62. The standard InChI is InChI=1S/C21H24N4O/c1-16-13-17(2)25(23-16)15-19-5-4-6-20(14-19)21(26)24(3)12-9-18-7-10-22-11-8-18/h4-8,10-11,13-14H,9,12,15H2,1-3H3. The van der Waals surface area contributed by atoms with Crippen molar-refractivity contribution in [3.05, 3.63) is 82.9 Å². The Bertz CT molecular complexity index is 886. The maximum Gasteiger partial charge on any atom is 0.253 e. The molecule has 0 saturated heterocycles. The van der Waals surface area contributed by atoms with Crippen LogP contribution in [0.15, 0.2) is 54.9 Å². The fourth-order valence-electron chi connectivity index (χ4n) is 2.98. The summed E-state index contributed by atoms with van der Waals surface area (Å²) in [7, 11) is 1.84. The monoisotopic (exact) mass is 348 g/mol. The minimum Gasteiger partial charge on any atom is -0.341 e. The van der Waals surface area contributed by atoms with Crippen molar-refractivity contribution in [2.45, 2.75) is 26.8 Å². The highest BCUT2D eigenvalue weighted by Gasteiger charge is 2.12. The number of carbonyl (C=O) groups excluding carboxylic acids is 1. The number of benzene rings is 1. The molecule has 0 aliphatic carbocycles. The molecule has 0 radical (unpaired) electrons. The van der Waals surface area contributed by atoms with Crippen LogP contribution in [0.2, 0.25) is 0 Å². The van der Waals surface area contributed by atoms with Crippen LogP contribution in [0, 0.1) is 13.8 Å². The van der Waals surface area contributed by atoms with E-state index in [1.54, 1.807) is 17.3 Å². The van der Waals surface area contributed by atoms with Crippen molar-refractivity contribution in [1.82, 2.24) is 19.7 Å². The molecule has 0 aliphatic rings. The van der Waals surface area contributed by atoms with E-state index in [1.165, 1.54) is 5.56 Å². The van der Waals surface area contributed by atoms with Gasteiger partial charge in [0.2, 0.25) is 0 Å². The second-order valence-corrected chi connectivity index (χ2v) is 6.62. The van der Waals surface area contributed by atoms with E-state index in [0.717, 1.165) is 23.4 Å². The van der Waals surface area contributed by atoms with Crippen LogP contribution >= 0.6 is 0 Å². The van der Waals surface area contributed by atoms with Crippen molar-refractivity contribution < 1.29 is 4.79 Å². The molecule has 0 saturated carbocycles. The molecule has 0 bridgehead atoms. The van der Waals surface area contributed by atoms with Gasteiger partial charge < -0.3 is 4.90 Å². The van der Waals surface area contributed by atoms with Gasteiger partial charge in [0.05, 0.1) is 12.2 Å². The average Bonchev–Trinajstić information content (AvgIpc) is 2.97. The number of aromatic nitrogens is 3. The van der Waals surface area contributed by atoms with E-state index in [2.05, 4.69) is 16.1 Å². The molecule has 0 unspecified atom stereocenters. The van der Waals surface area contributed by atoms with E-state index in [9.17, 15) is 4.79 Å². The van der Waals surface area contributed by atoms with Crippen molar-refractivity contribution in [3.63, 3.8) is 0 Å². The van der Waals surface area contributed by atoms with Gasteiger partial charge in [-0.2, -0.15) is 5.10 Å². The minimum absolute atomic E-state index is 0.0364. The molecule has 0 aliphatic heterocycles. The minimum atomic E-state index is 0.0364. The number of aryl methyl sites for hydroxylation is 2. The third kappa shape index (κ3) is 4.36. The number of amides is 1. The smallest absolute Gasteiger partial charge is 0.253 e. The zero-order valence-corrected chi connectivity index (χ0v) is 15.5. The Balaban J connectivity index is 1.66. The van der Waals surface area contributed by atoms with E-state index in [4.69, 9.17) is 0 Å². The SMILES string of the molecule is Cc1cc(C)n(Cc2cccc(C(=O)N(C)CCc3ccncc3)c2)n1. The highest BCUT2D eigenvalue weighted by Crippen LogP contribution is 2.12. The lowest BCUT2D eigenvalue weighted by atomic mass is 10.1. The van der Waals surface area contributed by atoms with Crippen molar-refractivity contribution in [2.75, 3.05) is 13.6 Å². The Morgan fingerprint density at radius 3 is 2.54 bits per heavy atom. The summed E-state index contributed by atoms with van der Waals surface area (Å²) in [5.41, 5.74) is 5.09. The largest absolute Gasteiger partial charge is 0.341 e. The van der Waals surface area contributed by atoms with Crippen LogP contribution in [0.5, 0.6) is 0 Å². The van der Waals surface area contributed by atoms with Crippen LogP contribution in [0.4, 0.5) is 0 Å². The third-order valence-electron chi connectivity index (χ3n) is 4.44. The lowest BCUT2D eigenvalue weighted by Gasteiger charge is -2.17. The molecular formula is C21H24N4O. The Labute approximate surface area is 154 Å². The van der Waals surface area contributed by atoms with E-state index < -0.39 is 0 Å². The van der Waals surface area contributed by atoms with Crippen molar-refractivity contribution in [2.24, 2.45) is 0 Å². The fourth-order valence-corrected chi connectivity index (χ4v) is 2.98. The van der Waals surface area contributed by atoms with E-state index in [0.29, 0.717) is 18.7 Å². The summed E-state index contributed by atoms with van der Waals surface area (Å²) >= 11 is 0. The highest BCUT2D eigenvalue weighted by atomic mass is 16.2. The Kier molecular flexibility index (Phi) is 5.46. The molecule has 5 nitrogen and oxygen atoms in total. The van der Waals surface area contributed by atoms with E-state index in [-0.39, 0.29) is 5.91 Å².